The number of hydroxylamine groups is 3. The summed E-state index contributed by atoms with van der Waals surface area (Å²) in [7, 11) is 1.67. The fourth-order valence-corrected chi connectivity index (χ4v) is 2.33. The highest BCUT2D eigenvalue weighted by Crippen LogP contribution is 2.21. The van der Waals surface area contributed by atoms with Gasteiger partial charge in [-0.3, -0.25) is 0 Å². The van der Waals surface area contributed by atoms with Crippen LogP contribution in [0.3, 0.4) is 0 Å². The van der Waals surface area contributed by atoms with Crippen LogP contribution in [0.5, 0.6) is 5.75 Å². The maximum atomic E-state index is 10.4. The van der Waals surface area contributed by atoms with Gasteiger partial charge in [0.2, 0.25) is 0 Å². The van der Waals surface area contributed by atoms with Crippen LogP contribution in [0.15, 0.2) is 24.3 Å². The van der Waals surface area contributed by atoms with Crippen molar-refractivity contribution in [1.82, 2.24) is 0 Å². The molecular weight excluding hydrogens is 202 g/mol. The lowest BCUT2D eigenvalue weighted by atomic mass is 10.1. The molecule has 0 aromatic heterocycles. The molecule has 0 bridgehead atoms. The highest BCUT2D eigenvalue weighted by atomic mass is 16.5. The van der Waals surface area contributed by atoms with E-state index in [9.17, 15) is 5.21 Å². The van der Waals surface area contributed by atoms with Crippen LogP contribution in [0.1, 0.15) is 24.8 Å². The van der Waals surface area contributed by atoms with E-state index in [2.05, 4.69) is 0 Å². The fraction of sp³-hybridized carbons (Fsp3) is 0.538. The normalized spacial score (nSPS) is 19.4. The molecule has 0 radical (unpaired) electrons. The van der Waals surface area contributed by atoms with Crippen LogP contribution in [0.4, 0.5) is 0 Å². The third-order valence-corrected chi connectivity index (χ3v) is 3.28. The molecule has 0 spiro atoms. The van der Waals surface area contributed by atoms with Crippen LogP contribution in [0, 0.1) is 0 Å². The Hall–Kier alpha value is -1.06. The Bertz CT molecular complexity index is 328. The van der Waals surface area contributed by atoms with E-state index >= 15 is 0 Å². The van der Waals surface area contributed by atoms with Crippen LogP contribution >= 0.6 is 0 Å². The van der Waals surface area contributed by atoms with Crippen molar-refractivity contribution in [2.24, 2.45) is 0 Å². The van der Waals surface area contributed by atoms with E-state index in [-0.39, 0.29) is 4.65 Å². The van der Waals surface area contributed by atoms with Gasteiger partial charge < -0.3 is 4.74 Å². The summed E-state index contributed by atoms with van der Waals surface area (Å²) in [6, 6.07) is 7.96. The summed E-state index contributed by atoms with van der Waals surface area (Å²) in [6.45, 7) is 2.47. The molecule has 1 aliphatic heterocycles. The Kier molecular flexibility index (Phi) is 3.46. The summed E-state index contributed by atoms with van der Waals surface area (Å²) in [5.41, 5.74) is 1.17. The monoisotopic (exact) mass is 222 g/mol. The first-order valence-corrected chi connectivity index (χ1v) is 5.94. The number of nitrogens with zero attached hydrogens (tertiary/aromatic N) is 1. The standard InChI is InChI=1S/C13H20NO2/c1-16-13-7-5-12(6-8-13)11-14(15)9-3-2-4-10-14/h5-8,15H,2-4,9-11H2,1H3/q+1. The predicted molar refractivity (Wildman–Crippen MR) is 62.3 cm³/mol. The molecule has 0 saturated carbocycles. The molecule has 0 unspecified atom stereocenters. The lowest BCUT2D eigenvalue weighted by molar-refractivity contribution is -1.12. The van der Waals surface area contributed by atoms with Gasteiger partial charge in [0.05, 0.1) is 7.11 Å². The molecule has 1 aromatic carbocycles. The second kappa shape index (κ2) is 4.85. The number of piperidine rings is 1. The quantitative estimate of drug-likeness (QED) is 0.796. The average molecular weight is 222 g/mol. The van der Waals surface area contributed by atoms with Gasteiger partial charge in [0, 0.05) is 5.56 Å². The lowest BCUT2D eigenvalue weighted by Gasteiger charge is -2.33. The third kappa shape index (κ3) is 2.74. The molecule has 16 heavy (non-hydrogen) atoms. The molecule has 3 heteroatoms. The van der Waals surface area contributed by atoms with E-state index in [4.69, 9.17) is 4.74 Å². The molecule has 1 aliphatic rings. The molecule has 1 saturated heterocycles. The van der Waals surface area contributed by atoms with Crippen molar-refractivity contribution >= 4 is 0 Å². The summed E-state index contributed by atoms with van der Waals surface area (Å²) in [6.07, 6.45) is 3.52. The van der Waals surface area contributed by atoms with E-state index < -0.39 is 0 Å². The molecule has 0 amide bonds. The Labute approximate surface area is 96.8 Å². The van der Waals surface area contributed by atoms with Gasteiger partial charge >= 0.3 is 0 Å². The van der Waals surface area contributed by atoms with Crippen LogP contribution in [0.2, 0.25) is 0 Å². The van der Waals surface area contributed by atoms with Gasteiger partial charge in [-0.15, -0.1) is 0 Å². The van der Waals surface area contributed by atoms with E-state index in [1.54, 1.807) is 7.11 Å². The number of rotatable bonds is 3. The zero-order valence-electron chi connectivity index (χ0n) is 9.85. The van der Waals surface area contributed by atoms with Gasteiger partial charge in [0.1, 0.15) is 25.4 Å². The van der Waals surface area contributed by atoms with Crippen molar-refractivity contribution in [3.8, 4) is 5.75 Å². The van der Waals surface area contributed by atoms with E-state index in [1.165, 1.54) is 12.0 Å². The number of hydrogen-bond donors (Lipinski definition) is 1. The number of hydrogen-bond acceptors (Lipinski definition) is 2. The minimum atomic E-state index is 0.201. The van der Waals surface area contributed by atoms with Gasteiger partial charge in [-0.2, -0.15) is 4.65 Å². The zero-order chi connectivity index (χ0) is 11.4. The highest BCUT2D eigenvalue weighted by Gasteiger charge is 2.28. The van der Waals surface area contributed by atoms with Gasteiger partial charge in [0.25, 0.3) is 0 Å². The average Bonchev–Trinajstić information content (AvgIpc) is 2.30. The SMILES string of the molecule is COc1ccc(C[N+]2(O)CCCCC2)cc1. The molecule has 1 aromatic rings. The van der Waals surface area contributed by atoms with E-state index in [0.29, 0.717) is 6.54 Å². The number of likely N-dealkylation sites (tertiary alicyclic amines) is 1. The van der Waals surface area contributed by atoms with Crippen LogP contribution in [0.25, 0.3) is 0 Å². The van der Waals surface area contributed by atoms with Crippen molar-refractivity contribution in [3.63, 3.8) is 0 Å². The smallest absolute Gasteiger partial charge is 0.134 e. The fourth-order valence-electron chi connectivity index (χ4n) is 2.33. The van der Waals surface area contributed by atoms with Crippen molar-refractivity contribution in [2.45, 2.75) is 25.8 Å². The predicted octanol–water partition coefficient (Wildman–Crippen LogP) is 2.59. The third-order valence-electron chi connectivity index (χ3n) is 3.28. The first-order valence-electron chi connectivity index (χ1n) is 5.94. The first kappa shape index (κ1) is 11.4. The van der Waals surface area contributed by atoms with Gasteiger partial charge in [0.15, 0.2) is 0 Å². The van der Waals surface area contributed by atoms with Gasteiger partial charge in [-0.1, -0.05) is 0 Å². The number of quaternary nitrogens is 1. The summed E-state index contributed by atoms with van der Waals surface area (Å²) >= 11 is 0. The number of methoxy groups -OCH3 is 1. The minimum Gasteiger partial charge on any atom is -0.497 e. The van der Waals surface area contributed by atoms with Crippen molar-refractivity contribution in [3.05, 3.63) is 29.8 Å². The molecule has 3 nitrogen and oxygen atoms in total. The molecular formula is C13H20NO2+. The van der Waals surface area contributed by atoms with E-state index in [1.807, 2.05) is 24.3 Å². The Morgan fingerprint density at radius 1 is 1.12 bits per heavy atom. The van der Waals surface area contributed by atoms with Crippen LogP contribution < -0.4 is 4.74 Å². The maximum Gasteiger partial charge on any atom is 0.134 e. The molecule has 1 fully saturated rings. The molecule has 2 rings (SSSR count). The zero-order valence-corrected chi connectivity index (χ0v) is 9.85. The van der Waals surface area contributed by atoms with Crippen LogP contribution in [-0.2, 0) is 6.54 Å². The van der Waals surface area contributed by atoms with Crippen LogP contribution in [-0.4, -0.2) is 30.1 Å². The molecule has 0 atom stereocenters. The summed E-state index contributed by atoms with van der Waals surface area (Å²) in [5.74, 6) is 0.867. The Morgan fingerprint density at radius 3 is 2.31 bits per heavy atom. The van der Waals surface area contributed by atoms with Crippen molar-refractivity contribution < 1.29 is 14.6 Å². The van der Waals surface area contributed by atoms with Gasteiger partial charge in [-0.25, -0.2) is 5.21 Å². The van der Waals surface area contributed by atoms with Gasteiger partial charge in [-0.05, 0) is 43.5 Å². The number of benzene rings is 1. The molecule has 88 valence electrons. The van der Waals surface area contributed by atoms with E-state index in [0.717, 1.165) is 31.7 Å². The lowest BCUT2D eigenvalue weighted by Crippen LogP contribution is -2.47. The Balaban J connectivity index is 2.01. The highest BCUT2D eigenvalue weighted by molar-refractivity contribution is 5.26. The second-order valence-electron chi connectivity index (χ2n) is 4.61. The first-order chi connectivity index (χ1) is 7.72. The minimum absolute atomic E-state index is 0.201. The topological polar surface area (TPSA) is 29.5 Å². The second-order valence-corrected chi connectivity index (χ2v) is 4.61. The summed E-state index contributed by atoms with van der Waals surface area (Å²) in [4.78, 5) is 0. The van der Waals surface area contributed by atoms with Crippen molar-refractivity contribution in [2.75, 3.05) is 20.2 Å². The largest absolute Gasteiger partial charge is 0.497 e. The molecule has 0 aliphatic carbocycles. The Morgan fingerprint density at radius 2 is 1.75 bits per heavy atom. The maximum absolute atomic E-state index is 10.4. The number of ether oxygens (including phenoxy) is 1. The summed E-state index contributed by atoms with van der Waals surface area (Å²) < 4.78 is 5.32. The molecule has 1 heterocycles. The molecule has 1 N–H and O–H groups in total. The van der Waals surface area contributed by atoms with Crippen molar-refractivity contribution in [1.29, 1.82) is 0 Å². The summed E-state index contributed by atoms with van der Waals surface area (Å²) in [5, 5.41) is 10.4.